The second kappa shape index (κ2) is 17.4. The zero-order valence-electron chi connectivity index (χ0n) is 27.3. The van der Waals surface area contributed by atoms with Crippen LogP contribution in [0.4, 0.5) is 14.9 Å². The second-order valence-electron chi connectivity index (χ2n) is 12.1. The fourth-order valence-corrected chi connectivity index (χ4v) is 5.61. The lowest BCUT2D eigenvalue weighted by Crippen LogP contribution is -2.44. The summed E-state index contributed by atoms with van der Waals surface area (Å²) in [5.74, 6) is -2.59. The van der Waals surface area contributed by atoms with Gasteiger partial charge in [-0.2, -0.15) is 0 Å². The van der Waals surface area contributed by atoms with E-state index in [1.54, 1.807) is 63.3 Å². The molecule has 0 unspecified atom stereocenters. The molecule has 1 saturated heterocycles. The van der Waals surface area contributed by atoms with Gasteiger partial charge in [0.1, 0.15) is 24.6 Å². The maximum absolute atomic E-state index is 14.8. The summed E-state index contributed by atoms with van der Waals surface area (Å²) in [6, 6.07) is 7.88. The average Bonchev–Trinajstić information content (AvgIpc) is 3.73. The van der Waals surface area contributed by atoms with Crippen LogP contribution in [-0.2, 0) is 25.5 Å². The number of nitrogens with one attached hydrogen (secondary N) is 2. The number of aliphatic hydroxyl groups excluding tert-OH is 1. The Hall–Kier alpha value is -4.78. The monoisotopic (exact) mass is 666 g/mol. The summed E-state index contributed by atoms with van der Waals surface area (Å²) in [7, 11) is 0. The second-order valence-corrected chi connectivity index (χ2v) is 12.1. The van der Waals surface area contributed by atoms with E-state index in [-0.39, 0.29) is 50.0 Å². The molecule has 4 rings (SSSR count). The van der Waals surface area contributed by atoms with Crippen molar-refractivity contribution < 1.29 is 42.6 Å². The minimum absolute atomic E-state index is 0.00286. The lowest BCUT2D eigenvalue weighted by atomic mass is 9.93. The van der Waals surface area contributed by atoms with Gasteiger partial charge in [0.15, 0.2) is 11.6 Å². The van der Waals surface area contributed by atoms with E-state index in [1.807, 2.05) is 6.07 Å². The number of hydrogen-bond acceptors (Lipinski definition) is 9. The normalized spacial score (nSPS) is 27.8. The van der Waals surface area contributed by atoms with Gasteiger partial charge < -0.3 is 29.2 Å². The summed E-state index contributed by atoms with van der Waals surface area (Å²) in [6.07, 6.45) is 5.34. The lowest BCUT2D eigenvalue weighted by Gasteiger charge is -2.30. The lowest BCUT2D eigenvalue weighted by molar-refractivity contribution is -0.159. The van der Waals surface area contributed by atoms with Crippen LogP contribution in [0, 0.1) is 11.8 Å². The standard InChI is InChI=1S/C35H43FN4O8/c1-22-9-7-15-37-30(42)14-13-23(2)32(24(3)20-47-35(45)38-26-10-5-4-6-11-26)48-34(44)29-12-8-16-40(29)33(43)28-21-46-31(39-28)19-25(36)18-27(41)17-22/h4-7,9-11,13-14,17,21,23-25,27,29,32,41H,8,12,15-16,18-20H2,1-3H3,(H,37,42)(H,38,45)/b9-7+,14-13+,22-17+/t23-,24-,25-,27-,29-,32+/m1/s1. The van der Waals surface area contributed by atoms with E-state index >= 15 is 0 Å². The predicted molar refractivity (Wildman–Crippen MR) is 174 cm³/mol. The van der Waals surface area contributed by atoms with E-state index in [4.69, 9.17) is 13.9 Å². The molecule has 48 heavy (non-hydrogen) atoms. The van der Waals surface area contributed by atoms with Crippen molar-refractivity contribution in [2.45, 2.75) is 70.9 Å². The molecule has 1 aromatic heterocycles. The summed E-state index contributed by atoms with van der Waals surface area (Å²) in [6.45, 7) is 5.65. The first-order chi connectivity index (χ1) is 23.0. The van der Waals surface area contributed by atoms with E-state index in [2.05, 4.69) is 15.6 Å². The van der Waals surface area contributed by atoms with Crippen molar-refractivity contribution in [3.63, 3.8) is 0 Å². The number of carbonyl (C=O) groups is 4. The van der Waals surface area contributed by atoms with Gasteiger partial charge in [0.05, 0.1) is 19.1 Å². The number of rotatable bonds is 4. The molecular weight excluding hydrogens is 623 g/mol. The topological polar surface area (TPSA) is 160 Å². The third-order valence-electron chi connectivity index (χ3n) is 8.06. The van der Waals surface area contributed by atoms with Crippen LogP contribution >= 0.6 is 0 Å². The fraction of sp³-hybridized carbons (Fsp3) is 0.457. The first kappa shape index (κ1) is 36.1. The first-order valence-corrected chi connectivity index (χ1v) is 16.1. The number of nitrogens with zero attached hydrogens (tertiary/aromatic N) is 2. The van der Waals surface area contributed by atoms with Crippen LogP contribution in [0.1, 0.15) is 56.4 Å². The SMILES string of the molecule is CC1=C\[C@@H](O)C[C@@H](F)Cc2nc(co2)C(=O)N2CCC[C@@H]2C(=O)O[C@H]([C@H](C)COC(=O)Nc2ccccc2)[C@H](C)/C=C/C(=O)NC\C=C\1. The number of ether oxygens (including phenoxy) is 2. The number of anilines is 1. The molecule has 13 heteroatoms. The van der Waals surface area contributed by atoms with Crippen molar-refractivity contribution in [3.05, 3.63) is 84.1 Å². The Morgan fingerprint density at radius 1 is 1.23 bits per heavy atom. The summed E-state index contributed by atoms with van der Waals surface area (Å²) >= 11 is 0. The molecule has 3 N–H and O–H groups in total. The number of allylic oxidation sites excluding steroid dienone is 2. The summed E-state index contributed by atoms with van der Waals surface area (Å²) in [5.41, 5.74) is 1.16. The highest BCUT2D eigenvalue weighted by Crippen LogP contribution is 2.26. The first-order valence-electron chi connectivity index (χ1n) is 16.1. The fourth-order valence-electron chi connectivity index (χ4n) is 5.61. The van der Waals surface area contributed by atoms with Gasteiger partial charge in [-0.1, -0.05) is 61.9 Å². The number of fused-ring (bicyclic) bond motifs is 3. The van der Waals surface area contributed by atoms with E-state index in [1.165, 1.54) is 17.1 Å². The molecule has 0 spiro atoms. The Morgan fingerprint density at radius 2 is 2.00 bits per heavy atom. The smallest absolute Gasteiger partial charge is 0.411 e. The van der Waals surface area contributed by atoms with Gasteiger partial charge in [0, 0.05) is 37.0 Å². The minimum atomic E-state index is -1.49. The van der Waals surface area contributed by atoms with Crippen molar-refractivity contribution in [3.8, 4) is 0 Å². The van der Waals surface area contributed by atoms with Crippen LogP contribution in [0.5, 0.6) is 0 Å². The van der Waals surface area contributed by atoms with Gasteiger partial charge in [-0.05, 0) is 38.0 Å². The highest BCUT2D eigenvalue weighted by molar-refractivity contribution is 5.95. The molecule has 258 valence electrons. The highest BCUT2D eigenvalue weighted by atomic mass is 19.1. The quantitative estimate of drug-likeness (QED) is 0.399. The van der Waals surface area contributed by atoms with Gasteiger partial charge in [0.2, 0.25) is 5.91 Å². The van der Waals surface area contributed by atoms with Crippen LogP contribution in [0.2, 0.25) is 0 Å². The number of halogens is 1. The third-order valence-corrected chi connectivity index (χ3v) is 8.06. The van der Waals surface area contributed by atoms with Crippen molar-refractivity contribution in [1.29, 1.82) is 0 Å². The number of amides is 3. The number of para-hydroxylation sites is 1. The van der Waals surface area contributed by atoms with Crippen LogP contribution in [0.15, 0.2) is 77.0 Å². The highest BCUT2D eigenvalue weighted by Gasteiger charge is 2.39. The van der Waals surface area contributed by atoms with Crippen molar-refractivity contribution in [2.75, 3.05) is 25.0 Å². The van der Waals surface area contributed by atoms with Gasteiger partial charge >= 0.3 is 12.1 Å². The van der Waals surface area contributed by atoms with Gasteiger partial charge in [-0.15, -0.1) is 0 Å². The summed E-state index contributed by atoms with van der Waals surface area (Å²) < 4.78 is 31.6. The molecule has 2 aromatic rings. The van der Waals surface area contributed by atoms with Crippen molar-refractivity contribution in [1.82, 2.24) is 15.2 Å². The largest absolute Gasteiger partial charge is 0.460 e. The Labute approximate surface area is 279 Å². The maximum atomic E-state index is 14.8. The third kappa shape index (κ3) is 10.6. The number of hydrogen-bond donors (Lipinski definition) is 3. The molecule has 2 aliphatic rings. The zero-order chi connectivity index (χ0) is 34.6. The molecule has 1 fully saturated rings. The molecule has 0 radical (unpaired) electrons. The van der Waals surface area contributed by atoms with Crippen LogP contribution < -0.4 is 10.6 Å². The minimum Gasteiger partial charge on any atom is -0.460 e. The Kier molecular flexibility index (Phi) is 13.1. The number of benzene rings is 1. The number of oxazole rings is 1. The summed E-state index contributed by atoms with van der Waals surface area (Å²) in [4.78, 5) is 57.6. The van der Waals surface area contributed by atoms with Crippen molar-refractivity contribution in [2.24, 2.45) is 11.8 Å². The van der Waals surface area contributed by atoms with Crippen LogP contribution in [0.25, 0.3) is 0 Å². The number of aromatic nitrogens is 1. The number of cyclic esters (lactones) is 1. The van der Waals surface area contributed by atoms with Crippen molar-refractivity contribution >= 4 is 29.6 Å². The predicted octanol–water partition coefficient (Wildman–Crippen LogP) is 4.53. The van der Waals surface area contributed by atoms with Gasteiger partial charge in [-0.25, -0.2) is 19.0 Å². The van der Waals surface area contributed by atoms with E-state index < -0.39 is 54.2 Å². The van der Waals surface area contributed by atoms with Crippen LogP contribution in [0.3, 0.4) is 0 Å². The Balaban J connectivity index is 1.54. The maximum Gasteiger partial charge on any atom is 0.411 e. The number of esters is 1. The molecule has 0 aliphatic carbocycles. The molecule has 3 heterocycles. The number of aliphatic hydroxyl groups is 1. The molecule has 6 atom stereocenters. The Bertz CT molecular complexity index is 1510. The Morgan fingerprint density at radius 3 is 2.77 bits per heavy atom. The molecular formula is C35H43FN4O8. The molecule has 3 amide bonds. The van der Waals surface area contributed by atoms with Crippen LogP contribution in [-0.4, -0.2) is 83.0 Å². The molecule has 0 saturated carbocycles. The zero-order valence-corrected chi connectivity index (χ0v) is 27.3. The molecule has 2 aliphatic heterocycles. The average molecular weight is 667 g/mol. The number of alkyl halides is 1. The van der Waals surface area contributed by atoms with E-state index in [0.29, 0.717) is 24.1 Å². The van der Waals surface area contributed by atoms with E-state index in [0.717, 1.165) is 6.26 Å². The molecule has 12 nitrogen and oxygen atoms in total. The number of carbonyl (C=O) groups excluding carboxylic acids is 4. The molecule has 1 aromatic carbocycles. The van der Waals surface area contributed by atoms with Gasteiger partial charge in [-0.3, -0.25) is 14.9 Å². The van der Waals surface area contributed by atoms with Gasteiger partial charge in [0.25, 0.3) is 5.91 Å². The molecule has 2 bridgehead atoms. The summed E-state index contributed by atoms with van der Waals surface area (Å²) in [5, 5.41) is 15.7. The van der Waals surface area contributed by atoms with E-state index in [9.17, 15) is 28.7 Å².